The van der Waals surface area contributed by atoms with E-state index < -0.39 is 0 Å². The van der Waals surface area contributed by atoms with E-state index in [-0.39, 0.29) is 18.0 Å². The van der Waals surface area contributed by atoms with Crippen LogP contribution in [0.4, 0.5) is 4.39 Å². The second-order valence-electron chi connectivity index (χ2n) is 4.62. The van der Waals surface area contributed by atoms with Gasteiger partial charge in [0.15, 0.2) is 0 Å². The van der Waals surface area contributed by atoms with Crippen LogP contribution in [-0.2, 0) is 11.2 Å². The molecule has 0 radical (unpaired) electrons. The lowest BCUT2D eigenvalue weighted by Crippen LogP contribution is -2.47. The molecule has 1 aliphatic rings. The number of rotatable bonds is 4. The Morgan fingerprint density at radius 2 is 2.33 bits per heavy atom. The minimum absolute atomic E-state index is 0.0170. The number of ether oxygens (including phenoxy) is 1. The number of benzene rings is 1. The standard InChI is InChI=1S/C13H18BrFN2O/c14-11-5-4-10(15)7-9(11)8-12(17-16)13-3-1-2-6-18-13/h4-5,7,12-13,17H,1-3,6,8,16H2. The molecule has 0 aliphatic carbocycles. The van der Waals surface area contributed by atoms with Crippen LogP contribution >= 0.6 is 15.9 Å². The molecule has 2 atom stereocenters. The number of nitrogens with two attached hydrogens (primary N) is 1. The lowest BCUT2D eigenvalue weighted by atomic mass is 9.96. The van der Waals surface area contributed by atoms with E-state index >= 15 is 0 Å². The molecule has 2 rings (SSSR count). The molecule has 0 aromatic heterocycles. The van der Waals surface area contributed by atoms with Crippen molar-refractivity contribution in [3.63, 3.8) is 0 Å². The Morgan fingerprint density at radius 1 is 1.50 bits per heavy atom. The predicted octanol–water partition coefficient (Wildman–Crippen LogP) is 2.53. The summed E-state index contributed by atoms with van der Waals surface area (Å²) in [7, 11) is 0. The summed E-state index contributed by atoms with van der Waals surface area (Å²) < 4.78 is 19.9. The van der Waals surface area contributed by atoms with E-state index in [2.05, 4.69) is 21.4 Å². The third-order valence-corrected chi connectivity index (χ3v) is 4.10. The van der Waals surface area contributed by atoms with Crippen LogP contribution in [0.25, 0.3) is 0 Å². The lowest BCUT2D eigenvalue weighted by molar-refractivity contribution is -0.00748. The first-order valence-electron chi connectivity index (χ1n) is 6.22. The largest absolute Gasteiger partial charge is 0.377 e. The van der Waals surface area contributed by atoms with Crippen LogP contribution in [0.5, 0.6) is 0 Å². The van der Waals surface area contributed by atoms with E-state index in [0.29, 0.717) is 6.42 Å². The summed E-state index contributed by atoms with van der Waals surface area (Å²) >= 11 is 3.44. The Balaban J connectivity index is 2.06. The number of nitrogens with one attached hydrogen (secondary N) is 1. The van der Waals surface area contributed by atoms with Crippen LogP contribution in [0.15, 0.2) is 22.7 Å². The molecule has 5 heteroatoms. The minimum atomic E-state index is -0.228. The predicted molar refractivity (Wildman–Crippen MR) is 72.5 cm³/mol. The molecule has 1 heterocycles. The zero-order valence-corrected chi connectivity index (χ0v) is 11.7. The summed E-state index contributed by atoms with van der Waals surface area (Å²) in [6.45, 7) is 0.785. The fourth-order valence-electron chi connectivity index (χ4n) is 2.32. The fourth-order valence-corrected chi connectivity index (χ4v) is 2.73. The maximum absolute atomic E-state index is 13.2. The van der Waals surface area contributed by atoms with E-state index in [1.165, 1.54) is 12.1 Å². The second kappa shape index (κ2) is 6.61. The van der Waals surface area contributed by atoms with Gasteiger partial charge in [0.2, 0.25) is 0 Å². The molecule has 0 bridgehead atoms. The van der Waals surface area contributed by atoms with Crippen LogP contribution in [0.2, 0.25) is 0 Å². The second-order valence-corrected chi connectivity index (χ2v) is 5.47. The van der Waals surface area contributed by atoms with E-state index in [0.717, 1.165) is 35.9 Å². The van der Waals surface area contributed by atoms with Gasteiger partial charge in [-0.05, 0) is 49.4 Å². The van der Waals surface area contributed by atoms with Gasteiger partial charge in [0.25, 0.3) is 0 Å². The lowest BCUT2D eigenvalue weighted by Gasteiger charge is -2.30. The maximum Gasteiger partial charge on any atom is 0.123 e. The van der Waals surface area contributed by atoms with Crippen molar-refractivity contribution in [3.05, 3.63) is 34.1 Å². The third-order valence-electron chi connectivity index (χ3n) is 3.33. The Kier molecular flexibility index (Phi) is 5.12. The van der Waals surface area contributed by atoms with Crippen molar-refractivity contribution >= 4 is 15.9 Å². The molecule has 0 spiro atoms. The molecule has 0 saturated carbocycles. The average molecular weight is 317 g/mol. The summed E-state index contributed by atoms with van der Waals surface area (Å²) in [6, 6.07) is 4.72. The molecule has 0 amide bonds. The van der Waals surface area contributed by atoms with Gasteiger partial charge in [-0.2, -0.15) is 0 Å². The first-order valence-corrected chi connectivity index (χ1v) is 7.01. The van der Waals surface area contributed by atoms with Gasteiger partial charge < -0.3 is 4.74 Å². The maximum atomic E-state index is 13.2. The van der Waals surface area contributed by atoms with Crippen molar-refractivity contribution in [1.82, 2.24) is 5.43 Å². The van der Waals surface area contributed by atoms with Gasteiger partial charge >= 0.3 is 0 Å². The number of halogens is 2. The SMILES string of the molecule is NNC(Cc1cc(F)ccc1Br)C1CCCCO1. The molecule has 18 heavy (non-hydrogen) atoms. The molecule has 1 saturated heterocycles. The van der Waals surface area contributed by atoms with Gasteiger partial charge in [-0.15, -0.1) is 0 Å². The van der Waals surface area contributed by atoms with E-state index in [4.69, 9.17) is 10.6 Å². The smallest absolute Gasteiger partial charge is 0.123 e. The Bertz CT molecular complexity index is 397. The number of hydrogen-bond acceptors (Lipinski definition) is 3. The molecular formula is C13H18BrFN2O. The Labute approximate surface area is 115 Å². The highest BCUT2D eigenvalue weighted by molar-refractivity contribution is 9.10. The molecule has 1 aromatic carbocycles. The van der Waals surface area contributed by atoms with Crippen molar-refractivity contribution < 1.29 is 9.13 Å². The summed E-state index contributed by atoms with van der Waals surface area (Å²) in [5.74, 6) is 5.37. The summed E-state index contributed by atoms with van der Waals surface area (Å²) in [6.07, 6.45) is 4.03. The first kappa shape index (κ1) is 13.9. The molecule has 2 unspecified atom stereocenters. The van der Waals surface area contributed by atoms with Gasteiger partial charge in [0, 0.05) is 11.1 Å². The van der Waals surface area contributed by atoms with E-state index in [1.807, 2.05) is 0 Å². The molecule has 100 valence electrons. The van der Waals surface area contributed by atoms with Gasteiger partial charge in [-0.25, -0.2) is 4.39 Å². The number of hydrazine groups is 1. The highest BCUT2D eigenvalue weighted by Crippen LogP contribution is 2.23. The average Bonchev–Trinajstić information content (AvgIpc) is 2.41. The van der Waals surface area contributed by atoms with Crippen molar-refractivity contribution in [2.24, 2.45) is 5.84 Å². The normalized spacial score (nSPS) is 21.8. The molecule has 1 aliphatic heterocycles. The summed E-state index contributed by atoms with van der Waals surface area (Å²) in [4.78, 5) is 0. The van der Waals surface area contributed by atoms with Gasteiger partial charge in [0.1, 0.15) is 5.82 Å². The highest BCUT2D eigenvalue weighted by atomic mass is 79.9. The van der Waals surface area contributed by atoms with Crippen molar-refractivity contribution in [3.8, 4) is 0 Å². The van der Waals surface area contributed by atoms with Gasteiger partial charge in [0.05, 0.1) is 12.1 Å². The highest BCUT2D eigenvalue weighted by Gasteiger charge is 2.24. The summed E-state index contributed by atoms with van der Waals surface area (Å²) in [5, 5.41) is 0. The molecular weight excluding hydrogens is 299 g/mol. The summed E-state index contributed by atoms with van der Waals surface area (Å²) in [5.41, 5.74) is 3.71. The molecule has 1 aromatic rings. The Hall–Kier alpha value is -0.490. The topological polar surface area (TPSA) is 47.3 Å². The fraction of sp³-hybridized carbons (Fsp3) is 0.538. The van der Waals surface area contributed by atoms with Crippen LogP contribution in [0.1, 0.15) is 24.8 Å². The third kappa shape index (κ3) is 3.51. The van der Waals surface area contributed by atoms with Crippen LogP contribution in [0, 0.1) is 5.82 Å². The van der Waals surface area contributed by atoms with Crippen molar-refractivity contribution in [2.45, 2.75) is 37.8 Å². The van der Waals surface area contributed by atoms with Crippen LogP contribution < -0.4 is 11.3 Å². The minimum Gasteiger partial charge on any atom is -0.377 e. The quantitative estimate of drug-likeness (QED) is 0.663. The van der Waals surface area contributed by atoms with Crippen molar-refractivity contribution in [1.29, 1.82) is 0 Å². The molecule has 3 N–H and O–H groups in total. The van der Waals surface area contributed by atoms with E-state index in [9.17, 15) is 4.39 Å². The van der Waals surface area contributed by atoms with Crippen LogP contribution in [0.3, 0.4) is 0 Å². The van der Waals surface area contributed by atoms with Crippen LogP contribution in [-0.4, -0.2) is 18.8 Å². The number of hydrogen-bond donors (Lipinski definition) is 2. The molecule has 3 nitrogen and oxygen atoms in total. The van der Waals surface area contributed by atoms with Crippen molar-refractivity contribution in [2.75, 3.05) is 6.61 Å². The van der Waals surface area contributed by atoms with E-state index in [1.54, 1.807) is 6.07 Å². The molecule has 1 fully saturated rings. The van der Waals surface area contributed by atoms with Gasteiger partial charge in [-0.3, -0.25) is 11.3 Å². The van der Waals surface area contributed by atoms with Gasteiger partial charge in [-0.1, -0.05) is 15.9 Å². The first-order chi connectivity index (χ1) is 8.70. The Morgan fingerprint density at radius 3 is 3.00 bits per heavy atom. The zero-order valence-electron chi connectivity index (χ0n) is 10.2. The zero-order chi connectivity index (χ0) is 13.0. The monoisotopic (exact) mass is 316 g/mol.